The van der Waals surface area contributed by atoms with E-state index in [1.165, 1.54) is 31.5 Å². The van der Waals surface area contributed by atoms with E-state index in [0.717, 1.165) is 21.3 Å². The van der Waals surface area contributed by atoms with E-state index in [4.69, 9.17) is 5.11 Å². The summed E-state index contributed by atoms with van der Waals surface area (Å²) in [5.41, 5.74) is 1.92. The molecule has 21 heavy (non-hydrogen) atoms. The molecule has 2 aliphatic rings. The molecule has 0 bridgehead atoms. The quantitative estimate of drug-likeness (QED) is 0.920. The maximum atomic E-state index is 9.17. The Bertz CT molecular complexity index is 676. The fraction of sp³-hybridized carbons (Fsp3) is 0.533. The first-order valence-corrected chi connectivity index (χ1v) is 8.27. The van der Waals surface area contributed by atoms with E-state index in [-0.39, 0.29) is 6.61 Å². The zero-order chi connectivity index (χ0) is 14.4. The molecule has 0 amide bonds. The minimum absolute atomic E-state index is 0.0306. The van der Waals surface area contributed by atoms with Crippen molar-refractivity contribution >= 4 is 11.8 Å². The summed E-state index contributed by atoms with van der Waals surface area (Å²) in [4.78, 5) is 4.46. The van der Waals surface area contributed by atoms with E-state index < -0.39 is 0 Å². The monoisotopic (exact) mass is 302 g/mol. The maximum Gasteiger partial charge on any atom is 0.197 e. The van der Waals surface area contributed by atoms with Gasteiger partial charge >= 0.3 is 0 Å². The van der Waals surface area contributed by atoms with Gasteiger partial charge in [0.2, 0.25) is 0 Å². The van der Waals surface area contributed by atoms with Gasteiger partial charge in [0.1, 0.15) is 10.9 Å². The summed E-state index contributed by atoms with van der Waals surface area (Å²) in [6, 6.07) is 2.57. The van der Waals surface area contributed by atoms with Gasteiger partial charge in [0.25, 0.3) is 0 Å². The third-order valence-electron chi connectivity index (χ3n) is 4.00. The van der Waals surface area contributed by atoms with Gasteiger partial charge in [-0.15, -0.1) is 10.2 Å². The van der Waals surface area contributed by atoms with E-state index in [1.807, 2.05) is 13.0 Å². The van der Waals surface area contributed by atoms with E-state index in [0.29, 0.717) is 12.0 Å². The van der Waals surface area contributed by atoms with Crippen molar-refractivity contribution in [1.82, 2.24) is 19.7 Å². The number of aliphatic hydroxyl groups excluding tert-OH is 1. The Morgan fingerprint density at radius 1 is 1.29 bits per heavy atom. The van der Waals surface area contributed by atoms with Crippen LogP contribution in [0.3, 0.4) is 0 Å². The van der Waals surface area contributed by atoms with Crippen molar-refractivity contribution in [3.8, 4) is 0 Å². The number of aryl methyl sites for hydroxylation is 1. The topological polar surface area (TPSA) is 63.8 Å². The summed E-state index contributed by atoms with van der Waals surface area (Å²) < 4.78 is 2.34. The summed E-state index contributed by atoms with van der Waals surface area (Å²) in [6.45, 7) is 2.05. The van der Waals surface area contributed by atoms with Crippen LogP contribution in [0.2, 0.25) is 0 Å². The number of hydrogen-bond acceptors (Lipinski definition) is 5. The molecule has 0 saturated heterocycles. The van der Waals surface area contributed by atoms with Crippen molar-refractivity contribution in [2.45, 2.75) is 61.4 Å². The van der Waals surface area contributed by atoms with Crippen LogP contribution in [0.15, 0.2) is 22.4 Å². The van der Waals surface area contributed by atoms with Crippen molar-refractivity contribution in [2.24, 2.45) is 0 Å². The van der Waals surface area contributed by atoms with E-state index >= 15 is 0 Å². The lowest BCUT2D eigenvalue weighted by Gasteiger charge is -2.09. The van der Waals surface area contributed by atoms with Gasteiger partial charge in [-0.25, -0.2) is 4.98 Å². The third-order valence-corrected chi connectivity index (χ3v) is 5.08. The lowest BCUT2D eigenvalue weighted by atomic mass is 10.2. The first kappa shape index (κ1) is 13.3. The summed E-state index contributed by atoms with van der Waals surface area (Å²) in [7, 11) is 0. The number of aliphatic hydroxyl groups is 1. The Morgan fingerprint density at radius 2 is 2.10 bits per heavy atom. The second-order valence-electron chi connectivity index (χ2n) is 5.94. The van der Waals surface area contributed by atoms with E-state index in [1.54, 1.807) is 18.0 Å². The number of nitrogens with zero attached hydrogens (tertiary/aromatic N) is 4. The maximum absolute atomic E-state index is 9.17. The van der Waals surface area contributed by atoms with Crippen LogP contribution >= 0.6 is 11.8 Å². The van der Waals surface area contributed by atoms with Gasteiger partial charge in [0.15, 0.2) is 5.16 Å². The minimum atomic E-state index is 0.0306. The Labute approximate surface area is 127 Å². The van der Waals surface area contributed by atoms with Crippen LogP contribution in [0.25, 0.3) is 0 Å². The average Bonchev–Trinajstić information content (AvgIpc) is 3.40. The second kappa shape index (κ2) is 5.10. The van der Waals surface area contributed by atoms with E-state index in [2.05, 4.69) is 19.7 Å². The molecule has 2 heterocycles. The SMILES string of the molecule is Cc1cc(CO)cnc1Sc1nnc(C2CC2)n1C1CC1. The van der Waals surface area contributed by atoms with E-state index in [9.17, 15) is 0 Å². The Hall–Kier alpha value is -1.40. The summed E-state index contributed by atoms with van der Waals surface area (Å²) in [6.07, 6.45) is 6.70. The van der Waals surface area contributed by atoms with Crippen molar-refractivity contribution in [1.29, 1.82) is 0 Å². The number of aromatic nitrogens is 4. The number of hydrogen-bond donors (Lipinski definition) is 1. The van der Waals surface area contributed by atoms with Gasteiger partial charge in [0.05, 0.1) is 6.61 Å². The van der Waals surface area contributed by atoms with Gasteiger partial charge in [-0.2, -0.15) is 0 Å². The first-order valence-electron chi connectivity index (χ1n) is 7.45. The fourth-order valence-corrected chi connectivity index (χ4v) is 3.47. The highest BCUT2D eigenvalue weighted by Gasteiger charge is 2.36. The Balaban J connectivity index is 1.65. The zero-order valence-electron chi connectivity index (χ0n) is 12.0. The van der Waals surface area contributed by atoms with Crippen molar-refractivity contribution in [3.63, 3.8) is 0 Å². The molecule has 0 unspecified atom stereocenters. The fourth-order valence-electron chi connectivity index (χ4n) is 2.55. The summed E-state index contributed by atoms with van der Waals surface area (Å²) in [5, 5.41) is 19.9. The van der Waals surface area contributed by atoms with Gasteiger partial charge in [-0.3, -0.25) is 0 Å². The highest BCUT2D eigenvalue weighted by atomic mass is 32.2. The average molecular weight is 302 g/mol. The van der Waals surface area contributed by atoms with Crippen LogP contribution in [0, 0.1) is 6.92 Å². The standard InChI is InChI=1S/C15H18N4OS/c1-9-6-10(8-20)7-16-14(9)21-15-18-17-13(11-2-3-11)19(15)12-4-5-12/h6-7,11-12,20H,2-5,8H2,1H3. The Kier molecular flexibility index (Phi) is 3.23. The largest absolute Gasteiger partial charge is 0.392 e. The van der Waals surface area contributed by atoms with Crippen molar-refractivity contribution < 1.29 is 5.11 Å². The second-order valence-corrected chi connectivity index (χ2v) is 6.90. The number of rotatable bonds is 5. The third kappa shape index (κ3) is 2.58. The molecule has 2 saturated carbocycles. The van der Waals surface area contributed by atoms with Crippen LogP contribution in [0.4, 0.5) is 0 Å². The van der Waals surface area contributed by atoms with Crippen molar-refractivity contribution in [2.75, 3.05) is 0 Å². The molecule has 0 aromatic carbocycles. The molecule has 5 nitrogen and oxygen atoms in total. The smallest absolute Gasteiger partial charge is 0.197 e. The van der Waals surface area contributed by atoms with Gasteiger partial charge in [0, 0.05) is 18.2 Å². The normalized spacial score (nSPS) is 18.2. The number of pyridine rings is 1. The van der Waals surface area contributed by atoms with Crippen molar-refractivity contribution in [3.05, 3.63) is 29.2 Å². The lowest BCUT2D eigenvalue weighted by Crippen LogP contribution is -2.02. The molecule has 2 aromatic rings. The van der Waals surface area contributed by atoms with Crippen LogP contribution < -0.4 is 0 Å². The molecule has 6 heteroatoms. The summed E-state index contributed by atoms with van der Waals surface area (Å²) >= 11 is 1.59. The molecule has 1 N–H and O–H groups in total. The van der Waals surface area contributed by atoms with Gasteiger partial charge in [-0.1, -0.05) is 0 Å². The predicted octanol–water partition coefficient (Wildman–Crippen LogP) is 2.84. The predicted molar refractivity (Wildman–Crippen MR) is 79.3 cm³/mol. The molecule has 2 aromatic heterocycles. The molecule has 4 rings (SSSR count). The molecule has 110 valence electrons. The molecule has 2 fully saturated rings. The lowest BCUT2D eigenvalue weighted by molar-refractivity contribution is 0.281. The molecule has 0 spiro atoms. The highest BCUT2D eigenvalue weighted by molar-refractivity contribution is 7.99. The molecule has 0 aliphatic heterocycles. The first-order chi connectivity index (χ1) is 10.3. The molecular formula is C15H18N4OS. The van der Waals surface area contributed by atoms with Gasteiger partial charge < -0.3 is 9.67 Å². The zero-order valence-corrected chi connectivity index (χ0v) is 12.8. The molecule has 2 aliphatic carbocycles. The highest BCUT2D eigenvalue weighted by Crippen LogP contribution is 2.46. The van der Waals surface area contributed by atoms with Crippen LogP contribution in [0.5, 0.6) is 0 Å². The molecular weight excluding hydrogens is 284 g/mol. The van der Waals surface area contributed by atoms with Crippen LogP contribution in [0.1, 0.15) is 54.6 Å². The Morgan fingerprint density at radius 3 is 2.71 bits per heavy atom. The summed E-state index contributed by atoms with van der Waals surface area (Å²) in [5.74, 6) is 1.79. The molecule has 0 radical (unpaired) electrons. The van der Waals surface area contributed by atoms with Crippen LogP contribution in [-0.4, -0.2) is 24.9 Å². The van der Waals surface area contributed by atoms with Crippen LogP contribution in [-0.2, 0) is 6.61 Å². The van der Waals surface area contributed by atoms with Gasteiger partial charge in [-0.05, 0) is 61.6 Å². The molecule has 0 atom stereocenters. The minimum Gasteiger partial charge on any atom is -0.392 e.